The standard InChI is InChI=1S/C18H39O6PSi/c1-11-21-25(20,22-12-2)15(16(19)24-17(3,4)5)13-14-23-26(9,10)18(6,7)8/h15H,11-14H2,1-10H3. The van der Waals surface area contributed by atoms with E-state index in [-0.39, 0.29) is 24.7 Å². The summed E-state index contributed by atoms with van der Waals surface area (Å²) < 4.78 is 35.6. The molecule has 6 nitrogen and oxygen atoms in total. The Hall–Kier alpha value is -0.203. The monoisotopic (exact) mass is 410 g/mol. The molecule has 8 heteroatoms. The first-order chi connectivity index (χ1) is 11.6. The number of hydrogen-bond donors (Lipinski definition) is 0. The van der Waals surface area contributed by atoms with Crippen LogP contribution in [0, 0.1) is 0 Å². The Morgan fingerprint density at radius 1 is 1.00 bits per heavy atom. The normalized spacial score (nSPS) is 15.0. The fourth-order valence-electron chi connectivity index (χ4n) is 1.99. The van der Waals surface area contributed by atoms with Crippen LogP contribution >= 0.6 is 7.60 Å². The van der Waals surface area contributed by atoms with Gasteiger partial charge in [0.2, 0.25) is 0 Å². The van der Waals surface area contributed by atoms with E-state index in [4.69, 9.17) is 18.2 Å². The Morgan fingerprint density at radius 2 is 1.46 bits per heavy atom. The van der Waals surface area contributed by atoms with Gasteiger partial charge in [-0.15, -0.1) is 0 Å². The zero-order chi connectivity index (χ0) is 20.8. The van der Waals surface area contributed by atoms with Gasteiger partial charge in [0, 0.05) is 6.61 Å². The molecule has 1 atom stereocenters. The Balaban J connectivity index is 5.40. The molecule has 0 aliphatic rings. The minimum absolute atomic E-state index is 0.0535. The maximum absolute atomic E-state index is 13.2. The van der Waals surface area contributed by atoms with E-state index in [1.165, 1.54) is 0 Å². The van der Waals surface area contributed by atoms with Crippen molar-refractivity contribution in [3.8, 4) is 0 Å². The Bertz CT molecular complexity index is 483. The molecule has 0 aromatic carbocycles. The highest BCUT2D eigenvalue weighted by Gasteiger charge is 2.44. The van der Waals surface area contributed by atoms with Crippen LogP contribution in [0.15, 0.2) is 0 Å². The third kappa shape index (κ3) is 8.22. The molecule has 0 bridgehead atoms. The Morgan fingerprint density at radius 3 is 1.81 bits per heavy atom. The molecule has 0 radical (unpaired) electrons. The molecule has 0 aromatic rings. The van der Waals surface area contributed by atoms with Crippen molar-refractivity contribution in [1.82, 2.24) is 0 Å². The Kier molecular flexibility index (Phi) is 9.75. The van der Waals surface area contributed by atoms with Crippen LogP contribution in [0.25, 0.3) is 0 Å². The first kappa shape index (κ1) is 25.8. The average Bonchev–Trinajstić information content (AvgIpc) is 2.40. The summed E-state index contributed by atoms with van der Waals surface area (Å²) in [6.07, 6.45) is 0.235. The van der Waals surface area contributed by atoms with Crippen molar-refractivity contribution in [2.75, 3.05) is 19.8 Å². The molecule has 1 unspecified atom stereocenters. The molecule has 0 rings (SSSR count). The summed E-state index contributed by atoms with van der Waals surface area (Å²) in [4.78, 5) is 12.7. The lowest BCUT2D eigenvalue weighted by Gasteiger charge is -2.36. The minimum Gasteiger partial charge on any atom is -0.459 e. The van der Waals surface area contributed by atoms with Gasteiger partial charge in [0.05, 0.1) is 13.2 Å². The van der Waals surface area contributed by atoms with E-state index in [9.17, 15) is 9.36 Å². The SMILES string of the molecule is CCOP(=O)(OCC)C(CCO[Si](C)(C)C(C)(C)C)C(=O)OC(C)(C)C. The van der Waals surface area contributed by atoms with Gasteiger partial charge < -0.3 is 18.2 Å². The van der Waals surface area contributed by atoms with Crippen LogP contribution in [0.4, 0.5) is 0 Å². The molecule has 0 aromatic heterocycles. The molecule has 0 saturated carbocycles. The lowest BCUT2D eigenvalue weighted by Crippen LogP contribution is -2.42. The van der Waals surface area contributed by atoms with Gasteiger partial charge in [-0.1, -0.05) is 20.8 Å². The average molecular weight is 411 g/mol. The second-order valence-corrected chi connectivity index (χ2v) is 15.9. The van der Waals surface area contributed by atoms with Crippen LogP contribution in [0.2, 0.25) is 18.1 Å². The van der Waals surface area contributed by atoms with Crippen LogP contribution in [0.5, 0.6) is 0 Å². The molecule has 26 heavy (non-hydrogen) atoms. The van der Waals surface area contributed by atoms with E-state index >= 15 is 0 Å². The molecule has 0 spiro atoms. The quantitative estimate of drug-likeness (QED) is 0.274. The highest BCUT2D eigenvalue weighted by Crippen LogP contribution is 2.55. The number of carbonyl (C=O) groups is 1. The number of hydrogen-bond acceptors (Lipinski definition) is 6. The fraction of sp³-hybridized carbons (Fsp3) is 0.944. The minimum atomic E-state index is -3.63. The van der Waals surface area contributed by atoms with Gasteiger partial charge in [-0.2, -0.15) is 0 Å². The van der Waals surface area contributed by atoms with Crippen molar-refractivity contribution in [3.63, 3.8) is 0 Å². The molecule has 0 aliphatic heterocycles. The highest BCUT2D eigenvalue weighted by atomic mass is 31.2. The second-order valence-electron chi connectivity index (χ2n) is 8.82. The third-order valence-electron chi connectivity index (χ3n) is 4.34. The van der Waals surface area contributed by atoms with Gasteiger partial charge in [-0.3, -0.25) is 9.36 Å². The van der Waals surface area contributed by atoms with Crippen LogP contribution in [-0.4, -0.2) is 45.4 Å². The lowest BCUT2D eigenvalue weighted by atomic mass is 10.2. The summed E-state index contributed by atoms with van der Waals surface area (Å²) in [5.41, 5.74) is -1.68. The molecule has 0 amide bonds. The van der Waals surface area contributed by atoms with Gasteiger partial charge in [-0.05, 0) is 59.2 Å². The maximum Gasteiger partial charge on any atom is 0.344 e. The molecular formula is C18H39O6PSi. The van der Waals surface area contributed by atoms with E-state index in [0.717, 1.165) is 0 Å². The van der Waals surface area contributed by atoms with E-state index < -0.39 is 33.1 Å². The third-order valence-corrected chi connectivity index (χ3v) is 11.3. The maximum atomic E-state index is 13.2. The van der Waals surface area contributed by atoms with Gasteiger partial charge in [0.25, 0.3) is 0 Å². The predicted molar refractivity (Wildman–Crippen MR) is 108 cm³/mol. The molecule has 0 N–H and O–H groups in total. The summed E-state index contributed by atoms with van der Waals surface area (Å²) in [7, 11) is -5.61. The zero-order valence-electron chi connectivity index (χ0n) is 18.3. The van der Waals surface area contributed by atoms with Gasteiger partial charge in [-0.25, -0.2) is 0 Å². The zero-order valence-corrected chi connectivity index (χ0v) is 20.2. The Labute approximate surface area is 161 Å². The largest absolute Gasteiger partial charge is 0.459 e. The van der Waals surface area contributed by atoms with Crippen LogP contribution in [0.1, 0.15) is 61.8 Å². The van der Waals surface area contributed by atoms with Crippen molar-refractivity contribution < 1.29 is 27.6 Å². The molecule has 156 valence electrons. The summed E-state index contributed by atoms with van der Waals surface area (Å²) >= 11 is 0. The number of carbonyl (C=O) groups excluding carboxylic acids is 1. The smallest absolute Gasteiger partial charge is 0.344 e. The van der Waals surface area contributed by atoms with E-state index in [2.05, 4.69) is 33.9 Å². The fourth-order valence-corrected chi connectivity index (χ4v) is 4.94. The van der Waals surface area contributed by atoms with Crippen LogP contribution < -0.4 is 0 Å². The number of esters is 1. The van der Waals surface area contributed by atoms with Crippen molar-refractivity contribution in [2.45, 2.75) is 91.2 Å². The van der Waals surface area contributed by atoms with Crippen molar-refractivity contribution >= 4 is 21.9 Å². The van der Waals surface area contributed by atoms with Crippen LogP contribution in [0.3, 0.4) is 0 Å². The lowest BCUT2D eigenvalue weighted by molar-refractivity contribution is -0.155. The van der Waals surface area contributed by atoms with Gasteiger partial charge in [0.15, 0.2) is 14.0 Å². The first-order valence-electron chi connectivity index (χ1n) is 9.35. The molecule has 0 fully saturated rings. The van der Waals surface area contributed by atoms with E-state index in [1.807, 2.05) is 0 Å². The van der Waals surface area contributed by atoms with E-state index in [1.54, 1.807) is 34.6 Å². The van der Waals surface area contributed by atoms with E-state index in [0.29, 0.717) is 6.61 Å². The van der Waals surface area contributed by atoms with Crippen molar-refractivity contribution in [1.29, 1.82) is 0 Å². The first-order valence-corrected chi connectivity index (χ1v) is 13.9. The summed E-state index contributed by atoms with van der Waals surface area (Å²) in [6, 6.07) is 0. The molecular weight excluding hydrogens is 371 g/mol. The molecule has 0 heterocycles. The summed E-state index contributed by atoms with van der Waals surface area (Å²) in [5, 5.41) is 0.0535. The second kappa shape index (κ2) is 9.83. The van der Waals surface area contributed by atoms with Crippen LogP contribution in [-0.2, 0) is 27.6 Å². The highest BCUT2D eigenvalue weighted by molar-refractivity contribution is 7.55. The van der Waals surface area contributed by atoms with Gasteiger partial charge >= 0.3 is 13.6 Å². The number of rotatable bonds is 10. The topological polar surface area (TPSA) is 71.1 Å². The van der Waals surface area contributed by atoms with Crippen molar-refractivity contribution in [2.24, 2.45) is 0 Å². The van der Waals surface area contributed by atoms with Gasteiger partial charge in [0.1, 0.15) is 5.60 Å². The molecule has 0 saturated heterocycles. The summed E-state index contributed by atoms with van der Waals surface area (Å²) in [5.74, 6) is -0.568. The summed E-state index contributed by atoms with van der Waals surface area (Å²) in [6.45, 7) is 20.2. The molecule has 0 aliphatic carbocycles. The van der Waals surface area contributed by atoms with Crippen molar-refractivity contribution in [3.05, 3.63) is 0 Å². The number of ether oxygens (including phenoxy) is 1. The predicted octanol–water partition coefficient (Wildman–Crippen LogP) is 5.37.